The molecule has 102 valence electrons. The van der Waals surface area contributed by atoms with E-state index in [1.54, 1.807) is 32.3 Å². The molecule has 2 aromatic rings. The van der Waals surface area contributed by atoms with Crippen molar-refractivity contribution in [2.75, 3.05) is 0 Å². The molecule has 19 heavy (non-hydrogen) atoms. The van der Waals surface area contributed by atoms with Crippen molar-refractivity contribution in [1.29, 1.82) is 0 Å². The molecular weight excluding hydrogens is 262 g/mol. The van der Waals surface area contributed by atoms with Gasteiger partial charge in [0.25, 0.3) is 0 Å². The van der Waals surface area contributed by atoms with Gasteiger partial charge < -0.3 is 0 Å². The number of benzene rings is 1. The predicted molar refractivity (Wildman–Crippen MR) is 73.2 cm³/mol. The molecule has 0 aliphatic heterocycles. The van der Waals surface area contributed by atoms with Crippen LogP contribution in [-0.2, 0) is 10.0 Å². The molecule has 0 amide bonds. The maximum Gasteiger partial charge on any atom is 0.241 e. The molecule has 0 aliphatic rings. The highest BCUT2D eigenvalue weighted by molar-refractivity contribution is 7.89. The van der Waals surface area contributed by atoms with E-state index in [2.05, 4.69) is 14.9 Å². The van der Waals surface area contributed by atoms with Gasteiger partial charge in [0, 0.05) is 17.8 Å². The van der Waals surface area contributed by atoms with Crippen molar-refractivity contribution in [2.45, 2.75) is 31.7 Å². The molecule has 0 aliphatic carbocycles. The fourth-order valence-electron chi connectivity index (χ4n) is 1.86. The zero-order valence-electron chi connectivity index (χ0n) is 11.1. The maximum atomic E-state index is 12.4. The van der Waals surface area contributed by atoms with Gasteiger partial charge in [0.05, 0.1) is 11.1 Å². The first-order valence-electron chi connectivity index (χ1n) is 5.98. The van der Waals surface area contributed by atoms with Crippen LogP contribution in [0.1, 0.15) is 29.7 Å². The fourth-order valence-corrected chi connectivity index (χ4v) is 3.42. The Hall–Kier alpha value is -1.66. The van der Waals surface area contributed by atoms with Gasteiger partial charge in [-0.1, -0.05) is 12.1 Å². The molecular formula is C13H17N3O2S. The zero-order valence-corrected chi connectivity index (χ0v) is 12.0. The predicted octanol–water partition coefficient (Wildman–Crippen LogP) is 2.07. The summed E-state index contributed by atoms with van der Waals surface area (Å²) in [6.45, 7) is 5.45. The Morgan fingerprint density at radius 1 is 1.32 bits per heavy atom. The minimum atomic E-state index is -3.53. The molecule has 0 bridgehead atoms. The highest BCUT2D eigenvalue weighted by Crippen LogP contribution is 2.20. The van der Waals surface area contributed by atoms with Crippen LogP contribution in [0.3, 0.4) is 0 Å². The molecule has 1 atom stereocenters. The topological polar surface area (TPSA) is 74.8 Å². The second-order valence-corrected chi connectivity index (χ2v) is 6.33. The Kier molecular flexibility index (Phi) is 3.73. The smallest absolute Gasteiger partial charge is 0.241 e. The van der Waals surface area contributed by atoms with E-state index >= 15 is 0 Å². The van der Waals surface area contributed by atoms with Crippen molar-refractivity contribution in [3.05, 3.63) is 47.3 Å². The summed E-state index contributed by atoms with van der Waals surface area (Å²) in [6, 6.07) is 5.06. The van der Waals surface area contributed by atoms with E-state index in [9.17, 15) is 8.42 Å². The number of rotatable bonds is 4. The monoisotopic (exact) mass is 279 g/mol. The second-order valence-electron chi connectivity index (χ2n) is 4.64. The van der Waals surface area contributed by atoms with Crippen LogP contribution in [0.4, 0.5) is 0 Å². The van der Waals surface area contributed by atoms with E-state index in [4.69, 9.17) is 0 Å². The lowest BCUT2D eigenvalue weighted by Crippen LogP contribution is -2.27. The molecule has 6 heteroatoms. The van der Waals surface area contributed by atoms with Gasteiger partial charge in [-0.15, -0.1) is 0 Å². The van der Waals surface area contributed by atoms with Crippen LogP contribution in [0.25, 0.3) is 0 Å². The number of aryl methyl sites for hydroxylation is 2. The average Bonchev–Trinajstić information content (AvgIpc) is 2.85. The van der Waals surface area contributed by atoms with E-state index in [-0.39, 0.29) is 6.04 Å². The van der Waals surface area contributed by atoms with Crippen LogP contribution in [0, 0.1) is 13.8 Å². The number of aromatic nitrogens is 2. The Labute approximate surface area is 113 Å². The molecule has 5 nitrogen and oxygen atoms in total. The van der Waals surface area contributed by atoms with Crippen LogP contribution in [0.2, 0.25) is 0 Å². The molecule has 1 heterocycles. The summed E-state index contributed by atoms with van der Waals surface area (Å²) in [5, 5.41) is 6.49. The fraction of sp³-hybridized carbons (Fsp3) is 0.308. The summed E-state index contributed by atoms with van der Waals surface area (Å²) in [7, 11) is -3.53. The zero-order chi connectivity index (χ0) is 14.0. The molecule has 2 N–H and O–H groups in total. The van der Waals surface area contributed by atoms with Crippen LogP contribution in [-0.4, -0.2) is 18.6 Å². The first-order valence-corrected chi connectivity index (χ1v) is 7.47. The summed E-state index contributed by atoms with van der Waals surface area (Å²) in [6.07, 6.45) is 3.28. The summed E-state index contributed by atoms with van der Waals surface area (Å²) in [5.41, 5.74) is 2.45. The number of hydrogen-bond acceptors (Lipinski definition) is 3. The summed E-state index contributed by atoms with van der Waals surface area (Å²) in [4.78, 5) is 0.322. The Balaban J connectivity index is 2.30. The molecule has 0 radical (unpaired) electrons. The van der Waals surface area contributed by atoms with E-state index in [1.165, 1.54) is 0 Å². The molecule has 0 saturated carbocycles. The normalized spacial score (nSPS) is 13.4. The van der Waals surface area contributed by atoms with Gasteiger partial charge in [-0.05, 0) is 38.0 Å². The standard InChI is InChI=1S/C13H17N3O2S/c1-9-4-5-10(2)13(6-9)19(17,18)16-11(3)12-7-14-15-8-12/h4-8,11,16H,1-3H3,(H,14,15). The van der Waals surface area contributed by atoms with Crippen molar-refractivity contribution < 1.29 is 8.42 Å². The maximum absolute atomic E-state index is 12.4. The SMILES string of the molecule is Cc1ccc(C)c(S(=O)(=O)NC(C)c2cn[nH]c2)c1. The van der Waals surface area contributed by atoms with Gasteiger partial charge in [0.15, 0.2) is 0 Å². The lowest BCUT2D eigenvalue weighted by molar-refractivity contribution is 0.566. The van der Waals surface area contributed by atoms with Gasteiger partial charge in [-0.25, -0.2) is 13.1 Å². The summed E-state index contributed by atoms with van der Waals surface area (Å²) < 4.78 is 27.4. The molecule has 1 unspecified atom stereocenters. The molecule has 0 saturated heterocycles. The van der Waals surface area contributed by atoms with Crippen molar-refractivity contribution >= 4 is 10.0 Å². The third-order valence-electron chi connectivity index (χ3n) is 2.98. The van der Waals surface area contributed by atoms with Crippen LogP contribution >= 0.6 is 0 Å². The van der Waals surface area contributed by atoms with E-state index < -0.39 is 10.0 Å². The number of H-pyrrole nitrogens is 1. The van der Waals surface area contributed by atoms with Gasteiger partial charge in [-0.3, -0.25) is 5.10 Å². The highest BCUT2D eigenvalue weighted by atomic mass is 32.2. The lowest BCUT2D eigenvalue weighted by atomic mass is 10.2. The Morgan fingerprint density at radius 2 is 2.05 bits per heavy atom. The number of nitrogens with one attached hydrogen (secondary N) is 2. The van der Waals surface area contributed by atoms with E-state index in [0.29, 0.717) is 4.90 Å². The minimum Gasteiger partial charge on any atom is -0.285 e. The second kappa shape index (κ2) is 5.14. The Bertz CT molecular complexity index is 663. The highest BCUT2D eigenvalue weighted by Gasteiger charge is 2.20. The average molecular weight is 279 g/mol. The third-order valence-corrected chi connectivity index (χ3v) is 4.67. The van der Waals surface area contributed by atoms with Gasteiger partial charge >= 0.3 is 0 Å². The Morgan fingerprint density at radius 3 is 2.68 bits per heavy atom. The van der Waals surface area contributed by atoms with Crippen LogP contribution in [0.15, 0.2) is 35.5 Å². The van der Waals surface area contributed by atoms with E-state index in [1.807, 2.05) is 19.1 Å². The number of sulfonamides is 1. The van der Waals surface area contributed by atoms with Crippen molar-refractivity contribution in [1.82, 2.24) is 14.9 Å². The van der Waals surface area contributed by atoms with Gasteiger partial charge in [-0.2, -0.15) is 5.10 Å². The molecule has 2 rings (SSSR count). The molecule has 0 spiro atoms. The van der Waals surface area contributed by atoms with Gasteiger partial charge in [0.1, 0.15) is 0 Å². The molecule has 0 fully saturated rings. The van der Waals surface area contributed by atoms with Crippen molar-refractivity contribution in [3.63, 3.8) is 0 Å². The molecule has 1 aromatic heterocycles. The minimum absolute atomic E-state index is 0.322. The van der Waals surface area contributed by atoms with Crippen LogP contribution in [0.5, 0.6) is 0 Å². The number of nitrogens with zero attached hydrogens (tertiary/aromatic N) is 1. The first-order chi connectivity index (χ1) is 8.90. The summed E-state index contributed by atoms with van der Waals surface area (Å²) >= 11 is 0. The van der Waals surface area contributed by atoms with Gasteiger partial charge in [0.2, 0.25) is 10.0 Å². The van der Waals surface area contributed by atoms with Crippen molar-refractivity contribution in [2.24, 2.45) is 0 Å². The summed E-state index contributed by atoms with van der Waals surface area (Å²) in [5.74, 6) is 0. The third kappa shape index (κ3) is 3.02. The van der Waals surface area contributed by atoms with Crippen LogP contribution < -0.4 is 4.72 Å². The largest absolute Gasteiger partial charge is 0.285 e. The number of aromatic amines is 1. The number of hydrogen-bond donors (Lipinski definition) is 2. The first kappa shape index (κ1) is 13.8. The van der Waals surface area contributed by atoms with Crippen molar-refractivity contribution in [3.8, 4) is 0 Å². The van der Waals surface area contributed by atoms with E-state index in [0.717, 1.165) is 16.7 Å². The lowest BCUT2D eigenvalue weighted by Gasteiger charge is -2.14. The quantitative estimate of drug-likeness (QED) is 0.899. The molecule has 1 aromatic carbocycles.